The van der Waals surface area contributed by atoms with E-state index < -0.39 is 0 Å². The molecule has 2 aliphatic heterocycles. The molecule has 0 spiro atoms. The number of ether oxygens (including phenoxy) is 3. The van der Waals surface area contributed by atoms with Crippen LogP contribution in [0.1, 0.15) is 62.6 Å². The Morgan fingerprint density at radius 1 is 0.690 bits per heavy atom. The topological polar surface area (TPSA) is 149 Å². The molecule has 0 atom stereocenters. The first-order chi connectivity index (χ1) is 20.4. The van der Waals surface area contributed by atoms with Crippen molar-refractivity contribution in [2.75, 3.05) is 26.4 Å². The number of fused-ring (bicyclic) bond motifs is 2. The molecule has 0 amide bonds. The molecule has 0 radical (unpaired) electrons. The summed E-state index contributed by atoms with van der Waals surface area (Å²) in [6.07, 6.45) is 4.53. The monoisotopic (exact) mass is 582 g/mol. The molecule has 4 rings (SSSR count). The maximum Gasteiger partial charge on any atom is 0.109 e. The minimum atomic E-state index is -0.153. The van der Waals surface area contributed by atoms with Gasteiger partial charge in [-0.1, -0.05) is 35.8 Å². The van der Waals surface area contributed by atoms with Gasteiger partial charge in [0.05, 0.1) is 52.9 Å². The highest BCUT2D eigenvalue weighted by molar-refractivity contribution is 5.47. The third-order valence-electron chi connectivity index (χ3n) is 6.49. The van der Waals surface area contributed by atoms with Crippen LogP contribution in [-0.2, 0) is 67.1 Å². The molecule has 0 bridgehead atoms. The highest BCUT2D eigenvalue weighted by Gasteiger charge is 2.20. The normalized spacial score (nSPS) is 11.8. The van der Waals surface area contributed by atoms with E-state index in [1.54, 1.807) is 6.92 Å². The van der Waals surface area contributed by atoms with E-state index in [4.69, 9.17) is 34.6 Å². The second kappa shape index (κ2) is 21.5. The van der Waals surface area contributed by atoms with Crippen LogP contribution in [-0.4, -0.2) is 57.1 Å². The Bertz CT molecular complexity index is 1290. The van der Waals surface area contributed by atoms with Gasteiger partial charge in [-0.25, -0.2) is 0 Å². The fourth-order valence-corrected chi connectivity index (χ4v) is 4.31. The number of hydrogen-bond acceptors (Lipinski definition) is 9. The SMILES string of the molecule is C#CCO.CC#CCOCC#CCO.Cc1c(CO)cc(CO)c2c1COC2.Cc1cc(CO)c(CO)c2c1COC2. The predicted molar refractivity (Wildman–Crippen MR) is 158 cm³/mol. The Kier molecular flexibility index (Phi) is 18.8. The molecule has 9 heteroatoms. The molecule has 0 unspecified atom stereocenters. The molecular formula is C33H42O9. The summed E-state index contributed by atoms with van der Waals surface area (Å²) in [5.74, 6) is 12.5. The number of hydrogen-bond donors (Lipinski definition) is 6. The van der Waals surface area contributed by atoms with Gasteiger partial charge in [-0.15, -0.1) is 12.3 Å². The Morgan fingerprint density at radius 2 is 1.26 bits per heavy atom. The smallest absolute Gasteiger partial charge is 0.109 e. The summed E-state index contributed by atoms with van der Waals surface area (Å²) in [5, 5.41) is 52.6. The molecule has 9 nitrogen and oxygen atoms in total. The van der Waals surface area contributed by atoms with Crippen molar-refractivity contribution < 1.29 is 44.8 Å². The summed E-state index contributed by atoms with van der Waals surface area (Å²) < 4.78 is 15.6. The summed E-state index contributed by atoms with van der Waals surface area (Å²) >= 11 is 0. The maximum absolute atomic E-state index is 9.24. The molecule has 2 aliphatic rings. The van der Waals surface area contributed by atoms with E-state index in [-0.39, 0.29) is 39.6 Å². The highest BCUT2D eigenvalue weighted by Crippen LogP contribution is 2.30. The van der Waals surface area contributed by atoms with E-state index in [9.17, 15) is 10.2 Å². The van der Waals surface area contributed by atoms with Gasteiger partial charge in [0.25, 0.3) is 0 Å². The molecule has 0 aromatic heterocycles. The Labute approximate surface area is 248 Å². The quantitative estimate of drug-likeness (QED) is 0.221. The zero-order valence-corrected chi connectivity index (χ0v) is 24.6. The molecule has 228 valence electrons. The zero-order chi connectivity index (χ0) is 31.3. The lowest BCUT2D eigenvalue weighted by atomic mass is 9.94. The largest absolute Gasteiger partial charge is 0.392 e. The minimum Gasteiger partial charge on any atom is -0.392 e. The van der Waals surface area contributed by atoms with Crippen LogP contribution >= 0.6 is 0 Å². The molecule has 2 heterocycles. The van der Waals surface area contributed by atoms with Crippen LogP contribution in [0.2, 0.25) is 0 Å². The first-order valence-electron chi connectivity index (χ1n) is 13.3. The molecule has 0 saturated heterocycles. The van der Waals surface area contributed by atoms with Gasteiger partial charge in [0, 0.05) is 0 Å². The highest BCUT2D eigenvalue weighted by atomic mass is 16.5. The van der Waals surface area contributed by atoms with Crippen molar-refractivity contribution in [1.29, 1.82) is 0 Å². The molecule has 42 heavy (non-hydrogen) atoms. The van der Waals surface area contributed by atoms with Crippen LogP contribution in [0.15, 0.2) is 12.1 Å². The lowest BCUT2D eigenvalue weighted by molar-refractivity contribution is 0.133. The summed E-state index contributed by atoms with van der Waals surface area (Å²) in [6.45, 7) is 8.59. The number of terminal acetylenes is 1. The molecule has 2 aromatic rings. The van der Waals surface area contributed by atoms with E-state index >= 15 is 0 Å². The van der Waals surface area contributed by atoms with Crippen LogP contribution in [0.5, 0.6) is 0 Å². The summed E-state index contributed by atoms with van der Waals surface area (Å²) in [7, 11) is 0. The standard InChI is InChI=1S/2C11H14O3.C8H10O2.C3H4O/c1-7-8(3-12)2-9(4-13)11-6-14-5-10(7)11;1-7-2-8(3-12)9(4-13)11-6-14-5-10(7)11;1-2-3-7-10-8-5-4-6-9;1-2-3-4/h2*2,12-13H,3-6H2,1H3;9H,6-8H2,1H3;1,4H,3H2. The van der Waals surface area contributed by atoms with E-state index in [2.05, 4.69) is 30.1 Å². The van der Waals surface area contributed by atoms with Gasteiger partial charge in [0.1, 0.15) is 26.4 Å². The second-order valence-electron chi connectivity index (χ2n) is 8.98. The zero-order valence-electron chi connectivity index (χ0n) is 24.6. The minimum absolute atomic E-state index is 0.0129. The molecular weight excluding hydrogens is 540 g/mol. The van der Waals surface area contributed by atoms with Crippen molar-refractivity contribution in [1.82, 2.24) is 0 Å². The fraction of sp³-hybridized carbons (Fsp3) is 0.455. The van der Waals surface area contributed by atoms with Gasteiger partial charge in [0.15, 0.2) is 0 Å². The first-order valence-corrected chi connectivity index (χ1v) is 13.3. The van der Waals surface area contributed by atoms with Crippen LogP contribution in [0.25, 0.3) is 0 Å². The van der Waals surface area contributed by atoms with Crippen LogP contribution in [0.3, 0.4) is 0 Å². The summed E-state index contributed by atoms with van der Waals surface area (Å²) in [4.78, 5) is 0. The van der Waals surface area contributed by atoms with Gasteiger partial charge in [-0.3, -0.25) is 0 Å². The second-order valence-corrected chi connectivity index (χ2v) is 8.98. The molecule has 2 aromatic carbocycles. The third kappa shape index (κ3) is 11.2. The van der Waals surface area contributed by atoms with Gasteiger partial charge in [-0.2, -0.15) is 0 Å². The summed E-state index contributed by atoms with van der Waals surface area (Å²) in [6, 6.07) is 3.79. The number of benzene rings is 2. The first kappa shape index (κ1) is 36.8. The Morgan fingerprint density at radius 3 is 1.81 bits per heavy atom. The van der Waals surface area contributed by atoms with Gasteiger partial charge < -0.3 is 44.8 Å². The van der Waals surface area contributed by atoms with Crippen LogP contribution in [0.4, 0.5) is 0 Å². The van der Waals surface area contributed by atoms with Crippen molar-refractivity contribution in [3.8, 4) is 36.0 Å². The van der Waals surface area contributed by atoms with Gasteiger partial charge in [0.2, 0.25) is 0 Å². The molecule has 0 fully saturated rings. The van der Waals surface area contributed by atoms with Crippen molar-refractivity contribution in [2.24, 2.45) is 0 Å². The predicted octanol–water partition coefficient (Wildman–Crippen LogP) is 1.65. The Hall–Kier alpha value is -3.24. The van der Waals surface area contributed by atoms with E-state index in [1.807, 2.05) is 31.9 Å². The molecule has 0 aliphatic carbocycles. The Balaban J connectivity index is 0.000000301. The maximum atomic E-state index is 9.24. The molecule has 6 N–H and O–H groups in total. The molecule has 0 saturated carbocycles. The van der Waals surface area contributed by atoms with Crippen LogP contribution in [0, 0.1) is 49.9 Å². The number of aryl methyl sites for hydroxylation is 1. The van der Waals surface area contributed by atoms with Crippen molar-refractivity contribution in [3.63, 3.8) is 0 Å². The lowest BCUT2D eigenvalue weighted by Crippen LogP contribution is -2.02. The average molecular weight is 583 g/mol. The van der Waals surface area contributed by atoms with Gasteiger partial charge >= 0.3 is 0 Å². The van der Waals surface area contributed by atoms with E-state index in [1.165, 1.54) is 5.56 Å². The fourth-order valence-electron chi connectivity index (χ4n) is 4.31. The van der Waals surface area contributed by atoms with Crippen molar-refractivity contribution in [2.45, 2.75) is 73.6 Å². The van der Waals surface area contributed by atoms with Gasteiger partial charge in [-0.05, 0) is 76.4 Å². The van der Waals surface area contributed by atoms with E-state index in [0.29, 0.717) is 39.6 Å². The number of rotatable bonds is 6. The third-order valence-corrected chi connectivity index (χ3v) is 6.49. The van der Waals surface area contributed by atoms with Crippen molar-refractivity contribution >= 4 is 0 Å². The van der Waals surface area contributed by atoms with Crippen molar-refractivity contribution in [3.05, 3.63) is 67.8 Å². The van der Waals surface area contributed by atoms with Crippen LogP contribution < -0.4 is 0 Å². The summed E-state index contributed by atoms with van der Waals surface area (Å²) in [5.41, 5.74) is 10.1. The average Bonchev–Trinajstić information content (AvgIpc) is 3.71. The number of aliphatic hydroxyl groups excluding tert-OH is 6. The lowest BCUT2D eigenvalue weighted by Gasteiger charge is -2.12. The number of aliphatic hydroxyl groups is 6. The van der Waals surface area contributed by atoms with E-state index in [0.717, 1.165) is 50.1 Å².